The van der Waals surface area contributed by atoms with Crippen LogP contribution in [0.5, 0.6) is 5.75 Å². The van der Waals surface area contributed by atoms with Gasteiger partial charge in [0.25, 0.3) is 0 Å². The molecule has 0 radical (unpaired) electrons. The van der Waals surface area contributed by atoms with E-state index in [0.29, 0.717) is 12.2 Å². The van der Waals surface area contributed by atoms with Gasteiger partial charge in [-0.15, -0.1) is 11.6 Å². The minimum atomic E-state index is -0.618. The summed E-state index contributed by atoms with van der Waals surface area (Å²) in [6, 6.07) is 3.77. The first-order valence-corrected chi connectivity index (χ1v) is 6.88. The molecule has 0 aromatic heterocycles. The lowest BCUT2D eigenvalue weighted by Gasteiger charge is -2.24. The highest BCUT2D eigenvalue weighted by Gasteiger charge is 2.25. The Morgan fingerprint density at radius 2 is 2.15 bits per heavy atom. The topological polar surface area (TPSA) is 46.5 Å². The maximum atomic E-state index is 11.5. The van der Waals surface area contributed by atoms with Crippen LogP contribution in [-0.4, -0.2) is 17.2 Å². The molecular weight excluding hydrogens is 276 g/mol. The summed E-state index contributed by atoms with van der Waals surface area (Å²) >= 11 is 6.40. The van der Waals surface area contributed by atoms with Gasteiger partial charge >= 0.3 is 5.97 Å². The zero-order chi connectivity index (χ0) is 15.5. The monoisotopic (exact) mass is 296 g/mol. The van der Waals surface area contributed by atoms with Crippen LogP contribution in [0.3, 0.4) is 0 Å². The van der Waals surface area contributed by atoms with E-state index in [9.17, 15) is 9.90 Å². The fourth-order valence-corrected chi connectivity index (χ4v) is 2.26. The number of benzene rings is 1. The SMILES string of the molecule is C=CC(=O)Oc1c(C)ccc(C(C)(C)Cl)c1CC(C)O. The molecule has 0 bridgehead atoms. The van der Waals surface area contributed by atoms with E-state index < -0.39 is 16.9 Å². The Balaban J connectivity index is 3.45. The zero-order valence-electron chi connectivity index (χ0n) is 12.4. The van der Waals surface area contributed by atoms with Crippen LogP contribution in [0.2, 0.25) is 0 Å². The molecule has 4 heteroatoms. The van der Waals surface area contributed by atoms with Gasteiger partial charge in [0.15, 0.2) is 0 Å². The van der Waals surface area contributed by atoms with Gasteiger partial charge in [0, 0.05) is 18.1 Å². The largest absolute Gasteiger partial charge is 0.423 e. The average molecular weight is 297 g/mol. The molecule has 0 spiro atoms. The van der Waals surface area contributed by atoms with Crippen molar-refractivity contribution >= 4 is 17.6 Å². The number of hydrogen-bond donors (Lipinski definition) is 1. The summed E-state index contributed by atoms with van der Waals surface area (Å²) in [5.74, 6) is -0.0634. The summed E-state index contributed by atoms with van der Waals surface area (Å²) in [4.78, 5) is 10.9. The highest BCUT2D eigenvalue weighted by atomic mass is 35.5. The van der Waals surface area contributed by atoms with Crippen LogP contribution in [0.1, 0.15) is 37.5 Å². The molecule has 0 saturated carbocycles. The Bertz CT molecular complexity index is 513. The van der Waals surface area contributed by atoms with Crippen LogP contribution >= 0.6 is 11.6 Å². The fourth-order valence-electron chi connectivity index (χ4n) is 2.08. The fraction of sp³-hybridized carbons (Fsp3) is 0.438. The van der Waals surface area contributed by atoms with Gasteiger partial charge in [-0.1, -0.05) is 18.7 Å². The minimum absolute atomic E-state index is 0.368. The molecule has 0 aliphatic rings. The molecule has 1 aromatic rings. The van der Waals surface area contributed by atoms with Crippen molar-refractivity contribution in [2.24, 2.45) is 0 Å². The third-order valence-corrected chi connectivity index (χ3v) is 3.17. The van der Waals surface area contributed by atoms with Gasteiger partial charge < -0.3 is 9.84 Å². The van der Waals surface area contributed by atoms with Crippen molar-refractivity contribution < 1.29 is 14.6 Å². The second-order valence-corrected chi connectivity index (χ2v) is 6.33. The third-order valence-electron chi connectivity index (χ3n) is 2.97. The van der Waals surface area contributed by atoms with Crippen molar-refractivity contribution in [2.45, 2.75) is 45.1 Å². The summed E-state index contributed by atoms with van der Waals surface area (Å²) in [5, 5.41) is 9.70. The zero-order valence-corrected chi connectivity index (χ0v) is 13.1. The normalized spacial score (nSPS) is 12.9. The summed E-state index contributed by atoms with van der Waals surface area (Å²) in [6.07, 6.45) is 0.924. The molecule has 1 aromatic carbocycles. The second-order valence-electron chi connectivity index (χ2n) is 5.39. The Morgan fingerprint density at radius 1 is 1.55 bits per heavy atom. The van der Waals surface area contributed by atoms with E-state index in [1.807, 2.05) is 32.9 Å². The molecule has 1 rings (SSSR count). The van der Waals surface area contributed by atoms with Gasteiger partial charge in [-0.05, 0) is 38.8 Å². The molecule has 110 valence electrons. The highest BCUT2D eigenvalue weighted by Crippen LogP contribution is 2.37. The van der Waals surface area contributed by atoms with Crippen molar-refractivity contribution in [2.75, 3.05) is 0 Å². The van der Waals surface area contributed by atoms with Gasteiger partial charge in [-0.25, -0.2) is 4.79 Å². The lowest BCUT2D eigenvalue weighted by Crippen LogP contribution is -2.18. The highest BCUT2D eigenvalue weighted by molar-refractivity contribution is 6.23. The van der Waals surface area contributed by atoms with Crippen molar-refractivity contribution in [3.63, 3.8) is 0 Å². The lowest BCUT2D eigenvalue weighted by molar-refractivity contribution is -0.129. The Kier molecular flexibility index (Phi) is 5.37. The molecule has 1 N–H and O–H groups in total. The molecule has 1 atom stereocenters. The molecule has 3 nitrogen and oxygen atoms in total. The third kappa shape index (κ3) is 4.09. The molecular formula is C16H21ClO3. The lowest BCUT2D eigenvalue weighted by atomic mass is 9.91. The quantitative estimate of drug-likeness (QED) is 0.392. The summed E-state index contributed by atoms with van der Waals surface area (Å²) in [6.45, 7) is 10.7. The van der Waals surface area contributed by atoms with E-state index in [2.05, 4.69) is 6.58 Å². The Labute approximate surface area is 125 Å². The van der Waals surface area contributed by atoms with E-state index in [4.69, 9.17) is 16.3 Å². The molecule has 0 aliphatic carbocycles. The second kappa shape index (κ2) is 6.42. The molecule has 0 saturated heterocycles. The van der Waals surface area contributed by atoms with Gasteiger partial charge in [0.1, 0.15) is 5.75 Å². The van der Waals surface area contributed by atoms with Crippen LogP contribution in [0.4, 0.5) is 0 Å². The maximum Gasteiger partial charge on any atom is 0.335 e. The summed E-state index contributed by atoms with van der Waals surface area (Å²) in [5.41, 5.74) is 2.42. The molecule has 1 unspecified atom stereocenters. The van der Waals surface area contributed by atoms with Gasteiger partial charge in [-0.3, -0.25) is 0 Å². The number of carbonyl (C=O) groups is 1. The smallest absolute Gasteiger partial charge is 0.335 e. The number of hydrogen-bond acceptors (Lipinski definition) is 3. The standard InChI is InChI=1S/C16H21ClO3/c1-6-14(19)20-15-10(2)7-8-13(16(4,5)17)12(15)9-11(3)18/h6-8,11,18H,1,9H2,2-5H3. The van der Waals surface area contributed by atoms with E-state index in [0.717, 1.165) is 22.8 Å². The Hall–Kier alpha value is -1.32. The van der Waals surface area contributed by atoms with E-state index in [1.165, 1.54) is 0 Å². The predicted octanol–water partition coefficient (Wildman–Crippen LogP) is 3.48. The average Bonchev–Trinajstić information content (AvgIpc) is 2.31. The van der Waals surface area contributed by atoms with Crippen LogP contribution in [-0.2, 0) is 16.1 Å². The molecule has 0 aliphatic heterocycles. The van der Waals surface area contributed by atoms with Crippen LogP contribution in [0.25, 0.3) is 0 Å². The number of alkyl halides is 1. The van der Waals surface area contributed by atoms with Crippen LogP contribution < -0.4 is 4.74 Å². The summed E-state index contributed by atoms with van der Waals surface area (Å²) < 4.78 is 5.34. The van der Waals surface area contributed by atoms with E-state index in [-0.39, 0.29) is 0 Å². The molecule has 0 amide bonds. The van der Waals surface area contributed by atoms with Crippen molar-refractivity contribution in [3.8, 4) is 5.75 Å². The van der Waals surface area contributed by atoms with Crippen LogP contribution in [0.15, 0.2) is 24.8 Å². The molecule has 0 fully saturated rings. The first kappa shape index (κ1) is 16.7. The molecule has 0 heterocycles. The number of carbonyl (C=O) groups excluding carboxylic acids is 1. The van der Waals surface area contributed by atoms with Crippen molar-refractivity contribution in [1.29, 1.82) is 0 Å². The number of rotatable bonds is 5. The molecule has 20 heavy (non-hydrogen) atoms. The number of aliphatic hydroxyl groups excluding tert-OH is 1. The number of aliphatic hydroxyl groups is 1. The van der Waals surface area contributed by atoms with Gasteiger partial charge in [-0.2, -0.15) is 0 Å². The number of esters is 1. The predicted molar refractivity (Wildman–Crippen MR) is 81.3 cm³/mol. The maximum absolute atomic E-state index is 11.5. The summed E-state index contributed by atoms with van der Waals surface area (Å²) in [7, 11) is 0. The van der Waals surface area contributed by atoms with Crippen LogP contribution in [0, 0.1) is 6.92 Å². The first-order valence-electron chi connectivity index (χ1n) is 6.51. The number of ether oxygens (including phenoxy) is 1. The first-order chi connectivity index (χ1) is 9.16. The van der Waals surface area contributed by atoms with Gasteiger partial charge in [0.05, 0.1) is 11.0 Å². The minimum Gasteiger partial charge on any atom is -0.423 e. The van der Waals surface area contributed by atoms with Crippen molar-refractivity contribution in [1.82, 2.24) is 0 Å². The van der Waals surface area contributed by atoms with Gasteiger partial charge in [0.2, 0.25) is 0 Å². The number of aryl methyl sites for hydroxylation is 1. The van der Waals surface area contributed by atoms with E-state index in [1.54, 1.807) is 6.92 Å². The van der Waals surface area contributed by atoms with E-state index >= 15 is 0 Å². The Morgan fingerprint density at radius 3 is 2.60 bits per heavy atom. The van der Waals surface area contributed by atoms with Crippen molar-refractivity contribution in [3.05, 3.63) is 41.5 Å². The number of halogens is 1.